The zero-order chi connectivity index (χ0) is 27.9. The van der Waals surface area contributed by atoms with Crippen LogP contribution in [-0.2, 0) is 20.8 Å². The first-order valence-electron chi connectivity index (χ1n) is 12.0. The molecule has 0 radical (unpaired) electrons. The number of carbonyl (C=O) groups excluding carboxylic acids is 3. The molecule has 5 rings (SSSR count). The molecule has 0 bridgehead atoms. The largest absolute Gasteiger partial charge is 0.508 e. The fourth-order valence-corrected chi connectivity index (χ4v) is 6.97. The zero-order valence-corrected chi connectivity index (χ0v) is 21.3. The maximum Gasteiger partial charge on any atom is 0.255 e. The molecule has 1 fully saturated rings. The number of benzene rings is 1. The molecule has 198 valence electrons. The van der Waals surface area contributed by atoms with Gasteiger partial charge < -0.3 is 26.2 Å². The van der Waals surface area contributed by atoms with Crippen LogP contribution in [0, 0.1) is 10.8 Å². The average molecular weight is 521 g/mol. The van der Waals surface area contributed by atoms with Gasteiger partial charge in [0.15, 0.2) is 17.2 Å². The number of aliphatic hydroxyl groups is 3. The molecular weight excluding hydrogens is 492 g/mol. The van der Waals surface area contributed by atoms with Crippen molar-refractivity contribution in [3.05, 3.63) is 58.6 Å². The normalized spacial score (nSPS) is 30.7. The van der Waals surface area contributed by atoms with Gasteiger partial charge in [-0.15, -0.1) is 0 Å². The maximum atomic E-state index is 14.2. The lowest BCUT2D eigenvalue weighted by atomic mass is 9.46. The number of nitrogens with zero attached hydrogens (tertiary/aromatic N) is 3. The molecule has 0 spiro atoms. The number of rotatable bonds is 3. The lowest BCUT2D eigenvalue weighted by molar-refractivity contribution is -0.175. The summed E-state index contributed by atoms with van der Waals surface area (Å²) in [5, 5.41) is 45.3. The molecule has 3 aliphatic rings. The summed E-state index contributed by atoms with van der Waals surface area (Å²) in [5.74, 6) is -4.84. The van der Waals surface area contributed by atoms with E-state index in [1.54, 1.807) is 45.5 Å². The molecule has 0 saturated heterocycles. The van der Waals surface area contributed by atoms with Gasteiger partial charge in [-0.3, -0.25) is 19.3 Å². The van der Waals surface area contributed by atoms with E-state index in [9.17, 15) is 34.8 Å². The van der Waals surface area contributed by atoms with Gasteiger partial charge in [0.25, 0.3) is 5.91 Å². The second kappa shape index (κ2) is 7.95. The van der Waals surface area contributed by atoms with Crippen LogP contribution >= 0.6 is 0 Å². The molecular formula is C27H28N4O7. The zero-order valence-electron chi connectivity index (χ0n) is 21.3. The third-order valence-electron chi connectivity index (χ3n) is 8.32. The highest BCUT2D eigenvalue weighted by atomic mass is 16.3. The fourth-order valence-electron chi connectivity index (χ4n) is 6.97. The van der Waals surface area contributed by atoms with E-state index in [1.807, 2.05) is 0 Å². The monoisotopic (exact) mass is 520 g/mol. The molecule has 4 atom stereocenters. The van der Waals surface area contributed by atoms with Gasteiger partial charge in [0.05, 0.1) is 11.6 Å². The number of hydrogen-bond acceptors (Lipinski definition) is 10. The number of carbonyl (C=O) groups is 3. The van der Waals surface area contributed by atoms with Crippen molar-refractivity contribution < 1.29 is 34.8 Å². The van der Waals surface area contributed by atoms with Crippen molar-refractivity contribution in [2.45, 2.75) is 38.3 Å². The first-order chi connectivity index (χ1) is 17.7. The van der Waals surface area contributed by atoms with Crippen molar-refractivity contribution in [3.63, 3.8) is 0 Å². The van der Waals surface area contributed by atoms with Gasteiger partial charge >= 0.3 is 0 Å². The van der Waals surface area contributed by atoms with Gasteiger partial charge in [-0.1, -0.05) is 13.8 Å². The minimum Gasteiger partial charge on any atom is -0.508 e. The molecule has 6 N–H and O–H groups in total. The molecule has 0 aliphatic heterocycles. The van der Waals surface area contributed by atoms with Crippen molar-refractivity contribution in [2.75, 3.05) is 14.1 Å². The summed E-state index contributed by atoms with van der Waals surface area (Å²) in [7, 11) is 3.12. The summed E-state index contributed by atoms with van der Waals surface area (Å²) >= 11 is 0. The van der Waals surface area contributed by atoms with E-state index >= 15 is 0 Å². The van der Waals surface area contributed by atoms with Gasteiger partial charge in [-0.25, -0.2) is 9.97 Å². The smallest absolute Gasteiger partial charge is 0.255 e. The van der Waals surface area contributed by atoms with Crippen LogP contribution in [-0.4, -0.2) is 78.5 Å². The summed E-state index contributed by atoms with van der Waals surface area (Å²) in [5.41, 5.74) is -0.235. The predicted molar refractivity (Wildman–Crippen MR) is 135 cm³/mol. The Hall–Kier alpha value is -4.09. The molecule has 11 nitrogen and oxygen atoms in total. The molecule has 1 saturated carbocycles. The van der Waals surface area contributed by atoms with Crippen LogP contribution in [0.3, 0.4) is 0 Å². The SMILES string of the molecule is CN(C)[C@@H]1C(=O)C(C(N)=O)=C(O)[C@@]2(O)C(=O)C3=C(O)c4c(O)ccc(-c5ncccn5)c4C[C@@]3(C)C[C@@]12C. The quantitative estimate of drug-likeness (QED) is 0.368. The highest BCUT2D eigenvalue weighted by Crippen LogP contribution is 2.63. The Kier molecular flexibility index (Phi) is 5.35. The molecule has 2 aromatic rings. The number of nitrogens with two attached hydrogens (primary N) is 1. The third kappa shape index (κ3) is 2.99. The van der Waals surface area contributed by atoms with E-state index in [0.717, 1.165) is 0 Å². The highest BCUT2D eigenvalue weighted by Gasteiger charge is 2.72. The second-order valence-electron chi connectivity index (χ2n) is 11.0. The highest BCUT2D eigenvalue weighted by molar-refractivity contribution is 6.25. The van der Waals surface area contributed by atoms with E-state index in [2.05, 4.69) is 9.97 Å². The van der Waals surface area contributed by atoms with Gasteiger partial charge in [-0.2, -0.15) is 0 Å². The third-order valence-corrected chi connectivity index (χ3v) is 8.32. The maximum absolute atomic E-state index is 14.2. The Balaban J connectivity index is 1.83. The fraction of sp³-hybridized carbons (Fsp3) is 0.370. The molecule has 1 aromatic carbocycles. The molecule has 1 heterocycles. The lowest BCUT2D eigenvalue weighted by Crippen LogP contribution is -2.72. The molecule has 38 heavy (non-hydrogen) atoms. The molecule has 1 amide bonds. The summed E-state index contributed by atoms with van der Waals surface area (Å²) in [6, 6.07) is 3.41. The van der Waals surface area contributed by atoms with Crippen molar-refractivity contribution in [1.82, 2.24) is 14.9 Å². The Morgan fingerprint density at radius 1 is 1.11 bits per heavy atom. The van der Waals surface area contributed by atoms with Crippen LogP contribution in [0.15, 0.2) is 47.5 Å². The van der Waals surface area contributed by atoms with Gasteiger partial charge in [0.2, 0.25) is 5.78 Å². The summed E-state index contributed by atoms with van der Waals surface area (Å²) in [6.07, 6.45) is 3.16. The lowest BCUT2D eigenvalue weighted by Gasteiger charge is -2.59. The number of amides is 1. The van der Waals surface area contributed by atoms with Gasteiger partial charge in [0, 0.05) is 34.4 Å². The first kappa shape index (κ1) is 25.6. The van der Waals surface area contributed by atoms with E-state index in [-0.39, 0.29) is 29.7 Å². The predicted octanol–water partition coefficient (Wildman–Crippen LogP) is 1.20. The molecule has 0 unspecified atom stereocenters. The number of hydrogen-bond donors (Lipinski definition) is 5. The van der Waals surface area contributed by atoms with Crippen molar-refractivity contribution >= 4 is 23.2 Å². The summed E-state index contributed by atoms with van der Waals surface area (Å²) < 4.78 is 0. The van der Waals surface area contributed by atoms with Crippen LogP contribution in [0.25, 0.3) is 17.1 Å². The van der Waals surface area contributed by atoms with E-state index < -0.39 is 57.0 Å². The van der Waals surface area contributed by atoms with Crippen LogP contribution in [0.5, 0.6) is 5.75 Å². The minimum absolute atomic E-state index is 0.0161. The van der Waals surface area contributed by atoms with E-state index in [0.29, 0.717) is 17.0 Å². The Labute approximate surface area is 217 Å². The van der Waals surface area contributed by atoms with Crippen molar-refractivity contribution in [2.24, 2.45) is 16.6 Å². The van der Waals surface area contributed by atoms with Crippen LogP contribution in [0.2, 0.25) is 0 Å². The van der Waals surface area contributed by atoms with Crippen molar-refractivity contribution in [3.8, 4) is 17.1 Å². The summed E-state index contributed by atoms with van der Waals surface area (Å²) in [6.45, 7) is 3.21. The average Bonchev–Trinajstić information content (AvgIpc) is 2.81. The number of Topliss-reactive ketones (excluding diaryl/α,β-unsaturated/α-hetero) is 2. The van der Waals surface area contributed by atoms with Crippen LogP contribution in [0.1, 0.15) is 31.4 Å². The minimum atomic E-state index is -2.75. The second-order valence-corrected chi connectivity index (χ2v) is 11.0. The van der Waals surface area contributed by atoms with Gasteiger partial charge in [0.1, 0.15) is 22.8 Å². The number of aliphatic hydroxyl groups excluding tert-OH is 2. The number of phenolic OH excluding ortho intramolecular Hbond substituents is 1. The molecule has 1 aromatic heterocycles. The Bertz CT molecular complexity index is 1500. The molecule has 3 aliphatic carbocycles. The molecule has 11 heteroatoms. The van der Waals surface area contributed by atoms with Crippen LogP contribution < -0.4 is 5.73 Å². The van der Waals surface area contributed by atoms with E-state index in [4.69, 9.17) is 5.73 Å². The standard InChI is InChI=1S/C27H28N4O7/c1-25-10-13-12(24-29-8-5-9-30-24)6-7-14(32)15(13)18(33)17(25)22(36)27(38)21(35)16(23(28)37)19(34)20(31(3)4)26(27,2)11-25/h5-9,20,32-33,35,38H,10-11H2,1-4H3,(H2,28,37)/t20-,25+,26+,27-/m1/s1. The Morgan fingerprint density at radius 3 is 2.32 bits per heavy atom. The number of primary amides is 1. The number of fused-ring (bicyclic) bond motifs is 3. The summed E-state index contributed by atoms with van der Waals surface area (Å²) in [4.78, 5) is 49.9. The topological polar surface area (TPSA) is 187 Å². The first-order valence-corrected chi connectivity index (χ1v) is 12.0. The van der Waals surface area contributed by atoms with Gasteiger partial charge in [-0.05, 0) is 50.7 Å². The Morgan fingerprint density at radius 2 is 1.74 bits per heavy atom. The van der Waals surface area contributed by atoms with Crippen molar-refractivity contribution in [1.29, 1.82) is 0 Å². The number of phenols is 1. The van der Waals surface area contributed by atoms with Crippen LogP contribution in [0.4, 0.5) is 0 Å². The van der Waals surface area contributed by atoms with E-state index in [1.165, 1.54) is 17.9 Å². The number of likely N-dealkylation sites (N-methyl/N-ethyl adjacent to an activating group) is 1. The number of aromatic hydroxyl groups is 1. The number of ketones is 2. The number of aromatic nitrogens is 2.